The van der Waals surface area contributed by atoms with Gasteiger partial charge in [0.1, 0.15) is 0 Å². The Morgan fingerprint density at radius 3 is 2.67 bits per heavy atom. The van der Waals surface area contributed by atoms with Crippen molar-refractivity contribution in [3.63, 3.8) is 0 Å². The van der Waals surface area contributed by atoms with E-state index in [2.05, 4.69) is 25.4 Å². The molecule has 2 heterocycles. The fourth-order valence-corrected chi connectivity index (χ4v) is 2.29. The average Bonchev–Trinajstić information content (AvgIpc) is 2.83. The summed E-state index contributed by atoms with van der Waals surface area (Å²) in [5.41, 5.74) is 5.20. The van der Waals surface area contributed by atoms with E-state index in [1.807, 2.05) is 26.3 Å². The molecule has 8 nitrogen and oxygen atoms in total. The summed E-state index contributed by atoms with van der Waals surface area (Å²) in [7, 11) is 0. The van der Waals surface area contributed by atoms with Crippen molar-refractivity contribution in [3.8, 4) is 12.0 Å². The zero-order chi connectivity index (χ0) is 15.2. The average molecular weight is 310 g/mol. The second kappa shape index (κ2) is 7.14. The van der Waals surface area contributed by atoms with Crippen LogP contribution >= 0.6 is 11.3 Å². The highest BCUT2D eigenvalue weighted by Gasteiger charge is 2.10. The standard InChI is InChI=1S/C12H18N6O2S/c1-7(2)20-12-16-10(18-13)15-11(17-12)19-5-4-9-8(3)14-6-21-9/h6-7H,4-5,13H2,1-3H3,(H,15,16,17,18). The number of ether oxygens (including phenoxy) is 2. The Morgan fingerprint density at radius 2 is 2.05 bits per heavy atom. The van der Waals surface area contributed by atoms with E-state index in [0.717, 1.165) is 12.1 Å². The molecule has 0 fully saturated rings. The third-order valence-corrected chi connectivity index (χ3v) is 3.46. The van der Waals surface area contributed by atoms with Gasteiger partial charge in [0.25, 0.3) is 0 Å². The number of thiazole rings is 1. The van der Waals surface area contributed by atoms with E-state index in [4.69, 9.17) is 15.3 Å². The van der Waals surface area contributed by atoms with Crippen molar-refractivity contribution in [2.45, 2.75) is 33.3 Å². The molecule has 9 heteroatoms. The van der Waals surface area contributed by atoms with E-state index in [9.17, 15) is 0 Å². The molecule has 2 aromatic heterocycles. The van der Waals surface area contributed by atoms with Gasteiger partial charge in [0.2, 0.25) is 5.95 Å². The summed E-state index contributed by atoms with van der Waals surface area (Å²) in [5, 5.41) is 0. The second-order valence-corrected chi connectivity index (χ2v) is 5.43. The minimum absolute atomic E-state index is 0.0503. The van der Waals surface area contributed by atoms with E-state index in [1.165, 1.54) is 4.88 Å². The van der Waals surface area contributed by atoms with Gasteiger partial charge >= 0.3 is 12.0 Å². The van der Waals surface area contributed by atoms with Gasteiger partial charge in [-0.1, -0.05) is 0 Å². The lowest BCUT2D eigenvalue weighted by Gasteiger charge is -2.10. The number of nitrogen functional groups attached to an aromatic ring is 1. The molecule has 0 bridgehead atoms. The van der Waals surface area contributed by atoms with Crippen LogP contribution < -0.4 is 20.7 Å². The van der Waals surface area contributed by atoms with Crippen LogP contribution in [-0.4, -0.2) is 32.6 Å². The van der Waals surface area contributed by atoms with Crippen LogP contribution in [0.2, 0.25) is 0 Å². The summed E-state index contributed by atoms with van der Waals surface area (Å²) in [6.07, 6.45) is 0.694. The first-order valence-electron chi connectivity index (χ1n) is 6.49. The van der Waals surface area contributed by atoms with Gasteiger partial charge in [0, 0.05) is 11.3 Å². The molecule has 0 saturated carbocycles. The van der Waals surface area contributed by atoms with Crippen molar-refractivity contribution in [2.24, 2.45) is 5.84 Å². The number of hydrogen-bond acceptors (Lipinski definition) is 9. The largest absolute Gasteiger partial charge is 0.463 e. The van der Waals surface area contributed by atoms with Crippen molar-refractivity contribution in [3.05, 3.63) is 16.1 Å². The van der Waals surface area contributed by atoms with Crippen LogP contribution in [0.1, 0.15) is 24.4 Å². The molecule has 0 aliphatic heterocycles. The summed E-state index contributed by atoms with van der Waals surface area (Å²) in [6, 6.07) is 0.354. The Kier molecular flexibility index (Phi) is 5.23. The number of aromatic nitrogens is 4. The molecule has 0 aliphatic rings. The number of aryl methyl sites for hydroxylation is 1. The molecule has 0 atom stereocenters. The van der Waals surface area contributed by atoms with Crippen LogP contribution in [-0.2, 0) is 6.42 Å². The zero-order valence-corrected chi connectivity index (χ0v) is 13.0. The smallest absolute Gasteiger partial charge is 0.324 e. The molecule has 0 aliphatic carbocycles. The number of anilines is 1. The van der Waals surface area contributed by atoms with E-state index >= 15 is 0 Å². The molecular formula is C12H18N6O2S. The number of rotatable bonds is 7. The first kappa shape index (κ1) is 15.4. The normalized spacial score (nSPS) is 10.7. The van der Waals surface area contributed by atoms with E-state index in [0.29, 0.717) is 6.61 Å². The minimum Gasteiger partial charge on any atom is -0.463 e. The Labute approximate surface area is 126 Å². The maximum Gasteiger partial charge on any atom is 0.324 e. The maximum absolute atomic E-state index is 5.54. The fraction of sp³-hybridized carbons (Fsp3) is 0.500. The topological polar surface area (TPSA) is 108 Å². The molecule has 0 radical (unpaired) electrons. The summed E-state index contributed by atoms with van der Waals surface area (Å²) in [4.78, 5) is 17.5. The van der Waals surface area contributed by atoms with Crippen molar-refractivity contribution >= 4 is 17.3 Å². The third kappa shape index (κ3) is 4.50. The number of nitrogens with two attached hydrogens (primary N) is 1. The number of hydrazine groups is 1. The van der Waals surface area contributed by atoms with E-state index in [1.54, 1.807) is 11.3 Å². The predicted octanol–water partition coefficient (Wildman–Crippen LogP) is 1.33. The highest BCUT2D eigenvalue weighted by Crippen LogP contribution is 2.16. The molecule has 3 N–H and O–H groups in total. The van der Waals surface area contributed by atoms with Crippen molar-refractivity contribution < 1.29 is 9.47 Å². The molecule has 21 heavy (non-hydrogen) atoms. The Hall–Kier alpha value is -2.00. The molecule has 0 amide bonds. The molecule has 0 unspecified atom stereocenters. The van der Waals surface area contributed by atoms with Crippen LogP contribution in [0.5, 0.6) is 12.0 Å². The Morgan fingerprint density at radius 1 is 1.29 bits per heavy atom. The van der Waals surface area contributed by atoms with Crippen LogP contribution in [0.3, 0.4) is 0 Å². The number of hydrogen-bond donors (Lipinski definition) is 2. The van der Waals surface area contributed by atoms with Crippen molar-refractivity contribution in [2.75, 3.05) is 12.0 Å². The van der Waals surface area contributed by atoms with Crippen LogP contribution in [0, 0.1) is 6.92 Å². The number of nitrogens with zero attached hydrogens (tertiary/aromatic N) is 4. The van der Waals surface area contributed by atoms with Crippen molar-refractivity contribution in [1.82, 2.24) is 19.9 Å². The quantitative estimate of drug-likeness (QED) is 0.582. The van der Waals surface area contributed by atoms with Gasteiger partial charge in [0.15, 0.2) is 0 Å². The third-order valence-electron chi connectivity index (χ3n) is 2.47. The molecule has 0 saturated heterocycles. The second-order valence-electron chi connectivity index (χ2n) is 4.49. The highest BCUT2D eigenvalue weighted by molar-refractivity contribution is 7.09. The molecule has 114 valence electrons. The van der Waals surface area contributed by atoms with Crippen LogP contribution in [0.15, 0.2) is 5.51 Å². The van der Waals surface area contributed by atoms with Crippen molar-refractivity contribution in [1.29, 1.82) is 0 Å². The lowest BCUT2D eigenvalue weighted by molar-refractivity contribution is 0.213. The van der Waals surface area contributed by atoms with E-state index < -0.39 is 0 Å². The van der Waals surface area contributed by atoms with Crippen LogP contribution in [0.25, 0.3) is 0 Å². The van der Waals surface area contributed by atoms with E-state index in [-0.39, 0.29) is 24.1 Å². The van der Waals surface area contributed by atoms with Gasteiger partial charge in [-0.25, -0.2) is 10.8 Å². The zero-order valence-electron chi connectivity index (χ0n) is 12.2. The molecule has 2 rings (SSSR count). The molecule has 0 aromatic carbocycles. The molecular weight excluding hydrogens is 292 g/mol. The first-order chi connectivity index (χ1) is 10.1. The van der Waals surface area contributed by atoms with Gasteiger partial charge in [-0.05, 0) is 20.8 Å². The highest BCUT2D eigenvalue weighted by atomic mass is 32.1. The minimum atomic E-state index is -0.0503. The SMILES string of the molecule is Cc1ncsc1CCOc1nc(NN)nc(OC(C)C)n1. The lowest BCUT2D eigenvalue weighted by atomic mass is 10.3. The van der Waals surface area contributed by atoms with Gasteiger partial charge in [-0.2, -0.15) is 9.97 Å². The first-order valence-corrected chi connectivity index (χ1v) is 7.37. The van der Waals surface area contributed by atoms with Gasteiger partial charge in [-0.3, -0.25) is 5.43 Å². The lowest BCUT2D eigenvalue weighted by Crippen LogP contribution is -2.16. The molecule has 0 spiro atoms. The fourth-order valence-electron chi connectivity index (χ4n) is 1.53. The Balaban J connectivity index is 2.00. The van der Waals surface area contributed by atoms with Gasteiger partial charge in [-0.15, -0.1) is 16.3 Å². The maximum atomic E-state index is 5.54. The van der Waals surface area contributed by atoms with Crippen LogP contribution in [0.4, 0.5) is 5.95 Å². The van der Waals surface area contributed by atoms with Gasteiger partial charge < -0.3 is 9.47 Å². The predicted molar refractivity (Wildman–Crippen MR) is 79.5 cm³/mol. The molecule has 2 aromatic rings. The summed E-state index contributed by atoms with van der Waals surface area (Å²) >= 11 is 1.60. The summed E-state index contributed by atoms with van der Waals surface area (Å²) in [5.74, 6) is 5.52. The summed E-state index contributed by atoms with van der Waals surface area (Å²) in [6.45, 7) is 6.18. The van der Waals surface area contributed by atoms with Gasteiger partial charge in [0.05, 0.1) is 23.9 Å². The number of nitrogens with one attached hydrogen (secondary N) is 1. The monoisotopic (exact) mass is 310 g/mol. The Bertz CT molecular complexity index is 589. The summed E-state index contributed by atoms with van der Waals surface area (Å²) < 4.78 is 11.0.